The van der Waals surface area contributed by atoms with Crippen molar-refractivity contribution in [1.29, 1.82) is 0 Å². The molecule has 0 spiro atoms. The van der Waals surface area contributed by atoms with Gasteiger partial charge in [-0.2, -0.15) is 4.99 Å². The molecule has 1 aromatic heterocycles. The maximum absolute atomic E-state index is 12.2. The molecule has 7 heteroatoms. The average molecular weight is 407 g/mol. The van der Waals surface area contributed by atoms with Crippen molar-refractivity contribution in [2.75, 3.05) is 13.1 Å². The molecule has 4 nitrogen and oxygen atoms in total. The molecule has 0 radical (unpaired) electrons. The van der Waals surface area contributed by atoms with Gasteiger partial charge in [-0.3, -0.25) is 4.79 Å². The molecule has 26 heavy (non-hydrogen) atoms. The van der Waals surface area contributed by atoms with E-state index in [-0.39, 0.29) is 5.91 Å². The lowest BCUT2D eigenvalue weighted by Crippen LogP contribution is -2.33. The molecular weight excluding hydrogens is 391 g/mol. The Morgan fingerprint density at radius 1 is 1.12 bits per heavy atom. The number of benzene rings is 1. The Balaban J connectivity index is 1.54. The number of likely N-dealkylation sites (tertiary alicyclic amines) is 1. The summed E-state index contributed by atoms with van der Waals surface area (Å²) in [7, 11) is 0. The lowest BCUT2D eigenvalue weighted by Gasteiger charge is -2.27. The number of piperidine rings is 1. The lowest BCUT2D eigenvalue weighted by molar-refractivity contribution is -0.113. The molecule has 1 saturated heterocycles. The van der Waals surface area contributed by atoms with Crippen LogP contribution in [0, 0.1) is 0 Å². The van der Waals surface area contributed by atoms with Crippen LogP contribution in [0.2, 0.25) is 10.0 Å². The van der Waals surface area contributed by atoms with E-state index in [2.05, 4.69) is 9.89 Å². The van der Waals surface area contributed by atoms with Crippen molar-refractivity contribution in [3.63, 3.8) is 0 Å². The predicted molar refractivity (Wildman–Crippen MR) is 108 cm³/mol. The highest BCUT2D eigenvalue weighted by Crippen LogP contribution is 2.35. The third kappa shape index (κ3) is 3.70. The molecule has 2 aliphatic rings. The molecule has 3 heterocycles. The van der Waals surface area contributed by atoms with E-state index in [1.165, 1.54) is 18.2 Å². The van der Waals surface area contributed by atoms with Crippen LogP contribution in [0.5, 0.6) is 0 Å². The van der Waals surface area contributed by atoms with E-state index < -0.39 is 0 Å². The fourth-order valence-electron chi connectivity index (χ4n) is 3.01. The molecule has 2 aliphatic heterocycles. The minimum absolute atomic E-state index is 0.214. The standard InChI is InChI=1S/C19H16Cl2N2O2S/c20-12-4-6-15(21)14(10-12)16-7-5-13(25-16)11-17-18(24)22-19(26-17)23-8-2-1-3-9-23/h4-7,10-11H,1-3,8-9H2. The summed E-state index contributed by atoms with van der Waals surface area (Å²) in [5.74, 6) is 0.980. The minimum Gasteiger partial charge on any atom is -0.457 e. The molecule has 0 bridgehead atoms. The number of aliphatic imine (C=N–C) groups is 1. The highest BCUT2D eigenvalue weighted by molar-refractivity contribution is 8.18. The van der Waals surface area contributed by atoms with Gasteiger partial charge in [0.2, 0.25) is 0 Å². The quantitative estimate of drug-likeness (QED) is 0.599. The van der Waals surface area contributed by atoms with E-state index in [1.807, 2.05) is 12.1 Å². The second kappa shape index (κ2) is 7.51. The Labute approximate surface area is 165 Å². The summed E-state index contributed by atoms with van der Waals surface area (Å²) in [6.07, 6.45) is 5.27. The smallest absolute Gasteiger partial charge is 0.286 e. The van der Waals surface area contributed by atoms with Gasteiger partial charge in [0.05, 0.1) is 9.93 Å². The normalized spacial score (nSPS) is 19.3. The van der Waals surface area contributed by atoms with Crippen LogP contribution in [0.25, 0.3) is 17.4 Å². The van der Waals surface area contributed by atoms with E-state index in [0.717, 1.165) is 36.7 Å². The second-order valence-electron chi connectivity index (χ2n) is 6.18. The van der Waals surface area contributed by atoms with Gasteiger partial charge < -0.3 is 9.32 Å². The fraction of sp³-hybridized carbons (Fsp3) is 0.263. The van der Waals surface area contributed by atoms with E-state index in [4.69, 9.17) is 27.6 Å². The Kier molecular flexibility index (Phi) is 5.11. The van der Waals surface area contributed by atoms with Crippen LogP contribution in [0.3, 0.4) is 0 Å². The molecule has 0 N–H and O–H groups in total. The monoisotopic (exact) mass is 406 g/mol. The second-order valence-corrected chi connectivity index (χ2v) is 8.04. The Morgan fingerprint density at radius 2 is 1.92 bits per heavy atom. The molecule has 0 atom stereocenters. The average Bonchev–Trinajstić information content (AvgIpc) is 3.25. The van der Waals surface area contributed by atoms with E-state index >= 15 is 0 Å². The summed E-state index contributed by atoms with van der Waals surface area (Å²) in [4.78, 5) is 19.2. The van der Waals surface area contributed by atoms with Crippen molar-refractivity contribution in [3.05, 3.63) is 51.0 Å². The first kappa shape index (κ1) is 17.7. The number of hydrogen-bond donors (Lipinski definition) is 0. The summed E-state index contributed by atoms with van der Waals surface area (Å²) in [5.41, 5.74) is 0.722. The zero-order valence-corrected chi connectivity index (χ0v) is 16.2. The van der Waals surface area contributed by atoms with Gasteiger partial charge in [0.25, 0.3) is 5.91 Å². The summed E-state index contributed by atoms with van der Waals surface area (Å²) < 4.78 is 5.85. The number of nitrogens with zero attached hydrogens (tertiary/aromatic N) is 2. The van der Waals surface area contributed by atoms with Crippen molar-refractivity contribution in [1.82, 2.24) is 4.90 Å². The molecule has 0 aliphatic carbocycles. The Hall–Kier alpha value is -1.69. The SMILES string of the molecule is O=C1N=C(N2CCCCC2)SC1=Cc1ccc(-c2cc(Cl)ccc2Cl)o1. The molecule has 1 aromatic carbocycles. The first-order chi connectivity index (χ1) is 12.6. The van der Waals surface area contributed by atoms with Crippen molar-refractivity contribution >= 4 is 52.1 Å². The summed E-state index contributed by atoms with van der Waals surface area (Å²) in [6, 6.07) is 8.85. The van der Waals surface area contributed by atoms with Crippen LogP contribution < -0.4 is 0 Å². The first-order valence-corrected chi connectivity index (χ1v) is 10.0. The number of rotatable bonds is 2. The zero-order chi connectivity index (χ0) is 18.1. The lowest BCUT2D eigenvalue weighted by atomic mass is 10.1. The molecular formula is C19H16Cl2N2O2S. The van der Waals surface area contributed by atoms with Gasteiger partial charge in [0.1, 0.15) is 11.5 Å². The van der Waals surface area contributed by atoms with Crippen molar-refractivity contribution < 1.29 is 9.21 Å². The van der Waals surface area contributed by atoms with Gasteiger partial charge >= 0.3 is 0 Å². The third-order valence-electron chi connectivity index (χ3n) is 4.33. The highest BCUT2D eigenvalue weighted by Gasteiger charge is 2.27. The number of amidine groups is 1. The number of carbonyl (C=O) groups excluding carboxylic acids is 1. The van der Waals surface area contributed by atoms with Gasteiger partial charge in [-0.05, 0) is 61.4 Å². The van der Waals surface area contributed by atoms with Crippen molar-refractivity contribution in [2.24, 2.45) is 4.99 Å². The predicted octanol–water partition coefficient (Wildman–Crippen LogP) is 5.71. The van der Waals surface area contributed by atoms with Crippen molar-refractivity contribution in [2.45, 2.75) is 19.3 Å². The van der Waals surface area contributed by atoms with Gasteiger partial charge in [-0.15, -0.1) is 0 Å². The largest absolute Gasteiger partial charge is 0.457 e. The number of furan rings is 1. The molecule has 134 valence electrons. The first-order valence-electron chi connectivity index (χ1n) is 8.43. The van der Waals surface area contributed by atoms with Gasteiger partial charge in [0, 0.05) is 29.8 Å². The Bertz CT molecular complexity index is 914. The molecule has 0 saturated carbocycles. The summed E-state index contributed by atoms with van der Waals surface area (Å²) in [6.45, 7) is 1.93. The zero-order valence-electron chi connectivity index (χ0n) is 13.9. The topological polar surface area (TPSA) is 45.8 Å². The minimum atomic E-state index is -0.214. The Morgan fingerprint density at radius 3 is 2.73 bits per heavy atom. The molecule has 0 unspecified atom stereocenters. The number of carbonyl (C=O) groups is 1. The highest BCUT2D eigenvalue weighted by atomic mass is 35.5. The van der Waals surface area contributed by atoms with Gasteiger partial charge in [-0.1, -0.05) is 23.2 Å². The number of hydrogen-bond acceptors (Lipinski definition) is 4. The summed E-state index contributed by atoms with van der Waals surface area (Å²) in [5, 5.41) is 1.94. The van der Waals surface area contributed by atoms with Gasteiger partial charge in [-0.25, -0.2) is 0 Å². The van der Waals surface area contributed by atoms with Crippen LogP contribution >= 0.6 is 35.0 Å². The van der Waals surface area contributed by atoms with Crippen LogP contribution in [-0.2, 0) is 4.79 Å². The maximum atomic E-state index is 12.2. The molecule has 2 aromatic rings. The van der Waals surface area contributed by atoms with Crippen LogP contribution in [-0.4, -0.2) is 29.1 Å². The summed E-state index contributed by atoms with van der Waals surface area (Å²) >= 11 is 13.7. The number of thioether (sulfide) groups is 1. The van der Waals surface area contributed by atoms with Crippen LogP contribution in [0.4, 0.5) is 0 Å². The number of amides is 1. The van der Waals surface area contributed by atoms with Crippen molar-refractivity contribution in [3.8, 4) is 11.3 Å². The van der Waals surface area contributed by atoms with E-state index in [9.17, 15) is 4.79 Å². The molecule has 1 amide bonds. The fourth-order valence-corrected chi connectivity index (χ4v) is 4.34. The maximum Gasteiger partial charge on any atom is 0.286 e. The van der Waals surface area contributed by atoms with Crippen LogP contribution in [0.1, 0.15) is 25.0 Å². The third-order valence-corrected chi connectivity index (χ3v) is 5.94. The van der Waals surface area contributed by atoms with E-state index in [0.29, 0.717) is 26.5 Å². The number of halogens is 2. The van der Waals surface area contributed by atoms with Gasteiger partial charge in [0.15, 0.2) is 5.17 Å². The molecule has 1 fully saturated rings. The van der Waals surface area contributed by atoms with Crippen LogP contribution in [0.15, 0.2) is 44.6 Å². The van der Waals surface area contributed by atoms with E-state index in [1.54, 1.807) is 24.3 Å². The molecule has 4 rings (SSSR count).